The zero-order chi connectivity index (χ0) is 15.5. The second kappa shape index (κ2) is 6.26. The molecule has 1 atom stereocenters. The first kappa shape index (κ1) is 16.5. The Labute approximate surface area is 127 Å². The highest BCUT2D eigenvalue weighted by molar-refractivity contribution is 9.10. The van der Waals surface area contributed by atoms with E-state index in [1.54, 1.807) is 18.2 Å². The van der Waals surface area contributed by atoms with Crippen LogP contribution < -0.4 is 11.1 Å². The summed E-state index contributed by atoms with van der Waals surface area (Å²) in [7, 11) is 0. The van der Waals surface area contributed by atoms with E-state index in [0.29, 0.717) is 10.2 Å². The lowest BCUT2D eigenvalue weighted by Crippen LogP contribution is -2.46. The molecule has 0 saturated heterocycles. The lowest BCUT2D eigenvalue weighted by Gasteiger charge is -2.23. The molecule has 3 N–H and O–H groups in total. The molecule has 0 saturated carbocycles. The van der Waals surface area contributed by atoms with E-state index in [1.165, 1.54) is 6.92 Å². The van der Waals surface area contributed by atoms with Gasteiger partial charge in [0, 0.05) is 15.7 Å². The summed E-state index contributed by atoms with van der Waals surface area (Å²) in [6.07, 6.45) is -0.889. The van der Waals surface area contributed by atoms with Gasteiger partial charge in [-0.05, 0) is 45.9 Å². The van der Waals surface area contributed by atoms with Crippen molar-refractivity contribution in [1.29, 1.82) is 0 Å². The van der Waals surface area contributed by atoms with Gasteiger partial charge in [-0.2, -0.15) is 0 Å². The van der Waals surface area contributed by atoms with Crippen molar-refractivity contribution in [3.63, 3.8) is 0 Å². The minimum atomic E-state index is -0.889. The fraction of sp³-hybridized carbons (Fsp3) is 0.429. The molecule has 0 aliphatic rings. The van der Waals surface area contributed by atoms with E-state index in [4.69, 9.17) is 10.5 Å². The number of halogens is 1. The molecule has 0 radical (unpaired) electrons. The zero-order valence-corrected chi connectivity index (χ0v) is 13.6. The first-order chi connectivity index (χ1) is 9.10. The van der Waals surface area contributed by atoms with E-state index in [0.717, 1.165) is 0 Å². The van der Waals surface area contributed by atoms with Gasteiger partial charge in [0.1, 0.15) is 0 Å². The molecule has 20 heavy (non-hydrogen) atoms. The maximum absolute atomic E-state index is 12.0. The number of nitrogens with two attached hydrogens (primary N) is 1. The summed E-state index contributed by atoms with van der Waals surface area (Å²) in [4.78, 5) is 23.8. The summed E-state index contributed by atoms with van der Waals surface area (Å²) in [5, 5.41) is 2.75. The van der Waals surface area contributed by atoms with E-state index in [1.807, 2.05) is 20.8 Å². The predicted octanol–water partition coefficient (Wildman–Crippen LogP) is 2.49. The number of hydrogen-bond donors (Lipinski definition) is 2. The monoisotopic (exact) mass is 342 g/mol. The Balaban J connectivity index is 2.75. The van der Waals surface area contributed by atoms with Crippen molar-refractivity contribution < 1.29 is 14.3 Å². The van der Waals surface area contributed by atoms with Crippen molar-refractivity contribution in [2.45, 2.75) is 39.3 Å². The van der Waals surface area contributed by atoms with E-state index >= 15 is 0 Å². The number of anilines is 1. The minimum Gasteiger partial charge on any atom is -0.449 e. The fourth-order valence-corrected chi connectivity index (χ4v) is 1.82. The normalized spacial score (nSPS) is 12.7. The van der Waals surface area contributed by atoms with E-state index < -0.39 is 12.1 Å². The van der Waals surface area contributed by atoms with Crippen LogP contribution in [0.2, 0.25) is 0 Å². The molecule has 6 heteroatoms. The van der Waals surface area contributed by atoms with E-state index in [9.17, 15) is 9.59 Å². The first-order valence-corrected chi connectivity index (χ1v) is 6.97. The van der Waals surface area contributed by atoms with E-state index in [2.05, 4.69) is 21.2 Å². The summed E-state index contributed by atoms with van der Waals surface area (Å²) >= 11 is 3.26. The largest absolute Gasteiger partial charge is 0.449 e. The summed E-state index contributed by atoms with van der Waals surface area (Å²) in [6.45, 7) is 7.08. The number of amides is 1. The van der Waals surface area contributed by atoms with Crippen LogP contribution >= 0.6 is 15.9 Å². The van der Waals surface area contributed by atoms with Gasteiger partial charge in [0.2, 0.25) is 0 Å². The van der Waals surface area contributed by atoms with Crippen LogP contribution in [0.3, 0.4) is 0 Å². The second-order valence-corrected chi connectivity index (χ2v) is 6.43. The molecule has 1 rings (SSSR count). The molecule has 0 spiro atoms. The molecule has 1 amide bonds. The molecule has 0 fully saturated rings. The molecule has 110 valence electrons. The third-order valence-corrected chi connectivity index (χ3v) is 2.88. The number of benzene rings is 1. The van der Waals surface area contributed by atoms with Crippen molar-refractivity contribution in [1.82, 2.24) is 5.32 Å². The van der Waals surface area contributed by atoms with Gasteiger partial charge in [-0.25, -0.2) is 4.79 Å². The van der Waals surface area contributed by atoms with Gasteiger partial charge in [0.25, 0.3) is 5.91 Å². The maximum Gasteiger partial charge on any atom is 0.341 e. The number of esters is 1. The molecule has 1 aromatic rings. The number of ether oxygens (including phenoxy) is 1. The van der Waals surface area contributed by atoms with Gasteiger partial charge in [-0.3, -0.25) is 4.79 Å². The highest BCUT2D eigenvalue weighted by Crippen LogP contribution is 2.19. The van der Waals surface area contributed by atoms with Crippen LogP contribution in [0.5, 0.6) is 0 Å². The Morgan fingerprint density at radius 1 is 1.35 bits per heavy atom. The van der Waals surface area contributed by atoms with Crippen molar-refractivity contribution in [2.75, 3.05) is 5.73 Å². The lowest BCUT2D eigenvalue weighted by atomic mass is 10.1. The molecule has 0 heterocycles. The summed E-state index contributed by atoms with van der Waals surface area (Å²) in [6, 6.07) is 4.88. The van der Waals surface area contributed by atoms with Crippen LogP contribution in [0.25, 0.3) is 0 Å². The highest BCUT2D eigenvalue weighted by Gasteiger charge is 2.23. The Kier molecular flexibility index (Phi) is 5.16. The molecule has 1 aromatic carbocycles. The SMILES string of the molecule is C[C@H](OC(=O)c1cc(Br)ccc1N)C(=O)NC(C)(C)C. The van der Waals surface area contributed by atoms with Crippen LogP contribution in [0.1, 0.15) is 38.1 Å². The van der Waals surface area contributed by atoms with Crippen molar-refractivity contribution in [3.8, 4) is 0 Å². The Morgan fingerprint density at radius 3 is 2.50 bits per heavy atom. The number of rotatable bonds is 3. The molecule has 0 aromatic heterocycles. The molecule has 0 aliphatic heterocycles. The van der Waals surface area contributed by atoms with E-state index in [-0.39, 0.29) is 17.0 Å². The highest BCUT2D eigenvalue weighted by atomic mass is 79.9. The van der Waals surface area contributed by atoms with Crippen LogP contribution in [-0.4, -0.2) is 23.5 Å². The predicted molar refractivity (Wildman–Crippen MR) is 81.3 cm³/mol. The van der Waals surface area contributed by atoms with Crippen LogP contribution in [-0.2, 0) is 9.53 Å². The standard InChI is InChI=1S/C14H19BrN2O3/c1-8(12(18)17-14(2,3)4)20-13(19)10-7-9(15)5-6-11(10)16/h5-8H,16H2,1-4H3,(H,17,18)/t8-/m0/s1. The number of carbonyl (C=O) groups is 2. The molecule has 5 nitrogen and oxygen atoms in total. The number of carbonyl (C=O) groups excluding carboxylic acids is 2. The summed E-state index contributed by atoms with van der Waals surface area (Å²) in [5.74, 6) is -0.972. The average Bonchev–Trinajstić information content (AvgIpc) is 2.29. The minimum absolute atomic E-state index is 0.231. The van der Waals surface area contributed by atoms with Gasteiger partial charge in [-0.1, -0.05) is 15.9 Å². The Morgan fingerprint density at radius 2 is 1.95 bits per heavy atom. The lowest BCUT2D eigenvalue weighted by molar-refractivity contribution is -0.130. The Hall–Kier alpha value is -1.56. The number of hydrogen-bond acceptors (Lipinski definition) is 4. The molecule has 0 aliphatic carbocycles. The number of nitrogens with one attached hydrogen (secondary N) is 1. The Bertz CT molecular complexity index is 524. The summed E-state index contributed by atoms with van der Waals surface area (Å²) in [5.41, 5.74) is 5.88. The third-order valence-electron chi connectivity index (χ3n) is 2.39. The molecular weight excluding hydrogens is 324 g/mol. The smallest absolute Gasteiger partial charge is 0.341 e. The zero-order valence-electron chi connectivity index (χ0n) is 12.0. The third kappa shape index (κ3) is 4.85. The molecule has 0 bridgehead atoms. The van der Waals surface area contributed by atoms with Gasteiger partial charge in [0.05, 0.1) is 5.56 Å². The van der Waals surface area contributed by atoms with Crippen molar-refractivity contribution >= 4 is 33.5 Å². The molecule has 0 unspecified atom stereocenters. The quantitative estimate of drug-likeness (QED) is 0.653. The first-order valence-electron chi connectivity index (χ1n) is 6.18. The average molecular weight is 343 g/mol. The van der Waals surface area contributed by atoms with Gasteiger partial charge < -0.3 is 15.8 Å². The number of nitrogen functional groups attached to an aromatic ring is 1. The van der Waals surface area contributed by atoms with Gasteiger partial charge >= 0.3 is 5.97 Å². The summed E-state index contributed by atoms with van der Waals surface area (Å²) < 4.78 is 5.84. The fourth-order valence-electron chi connectivity index (χ4n) is 1.45. The van der Waals surface area contributed by atoms with Gasteiger partial charge in [0.15, 0.2) is 6.10 Å². The second-order valence-electron chi connectivity index (χ2n) is 5.52. The van der Waals surface area contributed by atoms with Crippen molar-refractivity contribution in [2.24, 2.45) is 0 Å². The van der Waals surface area contributed by atoms with Gasteiger partial charge in [-0.15, -0.1) is 0 Å². The van der Waals surface area contributed by atoms with Crippen LogP contribution in [0, 0.1) is 0 Å². The topological polar surface area (TPSA) is 81.4 Å². The van der Waals surface area contributed by atoms with Crippen LogP contribution in [0.4, 0.5) is 5.69 Å². The maximum atomic E-state index is 12.0. The molecular formula is C14H19BrN2O3. The van der Waals surface area contributed by atoms with Crippen LogP contribution in [0.15, 0.2) is 22.7 Å². The van der Waals surface area contributed by atoms with Crippen molar-refractivity contribution in [3.05, 3.63) is 28.2 Å².